The topological polar surface area (TPSA) is 118 Å². The summed E-state index contributed by atoms with van der Waals surface area (Å²) in [6.07, 6.45) is 1.77. The fraction of sp³-hybridized carbons (Fsp3) is 0.364. The van der Waals surface area contributed by atoms with Crippen molar-refractivity contribution in [2.75, 3.05) is 6.54 Å². The van der Waals surface area contributed by atoms with Crippen LogP contribution >= 0.6 is 15.9 Å². The van der Waals surface area contributed by atoms with Crippen LogP contribution in [0, 0.1) is 10.1 Å². The zero-order valence-electron chi connectivity index (χ0n) is 10.7. The fourth-order valence-electron chi connectivity index (χ4n) is 1.60. The second-order valence-electron chi connectivity index (χ2n) is 4.54. The molecule has 21 heavy (non-hydrogen) atoms. The average Bonchev–Trinajstić information content (AvgIpc) is 3.20. The van der Waals surface area contributed by atoms with Crippen molar-refractivity contribution in [3.05, 3.63) is 32.8 Å². The van der Waals surface area contributed by atoms with E-state index in [9.17, 15) is 23.3 Å². The summed E-state index contributed by atoms with van der Waals surface area (Å²) in [6, 6.07) is 3.70. The van der Waals surface area contributed by atoms with Gasteiger partial charge in [0.1, 0.15) is 0 Å². The Morgan fingerprint density at radius 2 is 2.10 bits per heavy atom. The number of nitro groups is 1. The molecule has 0 radical (unpaired) electrons. The molecule has 0 saturated heterocycles. The smallest absolute Gasteiger partial charge is 0.289 e. The molecule has 0 bridgehead atoms. The van der Waals surface area contributed by atoms with Gasteiger partial charge in [0.05, 0.1) is 11.5 Å². The minimum atomic E-state index is -4.15. The van der Waals surface area contributed by atoms with E-state index in [0.717, 1.165) is 25.0 Å². The first-order valence-electron chi connectivity index (χ1n) is 6.02. The summed E-state index contributed by atoms with van der Waals surface area (Å²) in [7, 11) is -4.15. The molecule has 0 unspecified atom stereocenters. The van der Waals surface area contributed by atoms with Gasteiger partial charge < -0.3 is 5.32 Å². The molecular weight excluding hydrogens is 366 g/mol. The van der Waals surface area contributed by atoms with Crippen LogP contribution in [0.25, 0.3) is 0 Å². The lowest BCUT2D eigenvalue weighted by atomic mass is 10.3. The first-order chi connectivity index (χ1) is 9.79. The van der Waals surface area contributed by atoms with Gasteiger partial charge in [-0.3, -0.25) is 14.9 Å². The van der Waals surface area contributed by atoms with Crippen LogP contribution in [0.4, 0.5) is 5.69 Å². The lowest BCUT2D eigenvalue weighted by molar-refractivity contribution is -0.387. The first-order valence-corrected chi connectivity index (χ1v) is 8.30. The molecule has 1 amide bonds. The standard InChI is InChI=1S/C11H12BrN3O5S/c12-7-1-4-9(15(17)18)10(5-7)21(19,20)13-6-11(16)14-8-2-3-8/h1,4-5,8,13H,2-3,6H2,(H,14,16). The van der Waals surface area contributed by atoms with Crippen molar-refractivity contribution in [2.24, 2.45) is 0 Å². The van der Waals surface area contributed by atoms with Crippen molar-refractivity contribution in [2.45, 2.75) is 23.8 Å². The minimum Gasteiger partial charge on any atom is -0.352 e. The molecule has 1 aromatic carbocycles. The molecule has 10 heteroatoms. The molecule has 2 rings (SSSR count). The number of carbonyl (C=O) groups is 1. The number of nitro benzene ring substituents is 1. The number of benzene rings is 1. The molecule has 8 nitrogen and oxygen atoms in total. The quantitative estimate of drug-likeness (QED) is 0.564. The third-order valence-electron chi connectivity index (χ3n) is 2.77. The summed E-state index contributed by atoms with van der Waals surface area (Å²) < 4.78 is 26.6. The number of amides is 1. The van der Waals surface area contributed by atoms with E-state index in [1.807, 2.05) is 0 Å². The van der Waals surface area contributed by atoms with Crippen LogP contribution in [-0.2, 0) is 14.8 Å². The van der Waals surface area contributed by atoms with Crippen LogP contribution in [0.15, 0.2) is 27.6 Å². The lowest BCUT2D eigenvalue weighted by Gasteiger charge is -2.08. The van der Waals surface area contributed by atoms with Gasteiger partial charge in [-0.25, -0.2) is 13.1 Å². The predicted molar refractivity (Wildman–Crippen MR) is 77.1 cm³/mol. The van der Waals surface area contributed by atoms with Gasteiger partial charge in [0, 0.05) is 16.6 Å². The van der Waals surface area contributed by atoms with Gasteiger partial charge in [-0.1, -0.05) is 15.9 Å². The molecule has 0 aromatic heterocycles. The fourth-order valence-corrected chi connectivity index (χ4v) is 3.29. The molecule has 0 heterocycles. The van der Waals surface area contributed by atoms with Gasteiger partial charge in [0.25, 0.3) is 5.69 Å². The van der Waals surface area contributed by atoms with E-state index in [1.54, 1.807) is 0 Å². The molecule has 2 N–H and O–H groups in total. The average molecular weight is 378 g/mol. The molecule has 0 atom stereocenters. The third-order valence-corrected chi connectivity index (χ3v) is 4.70. The zero-order valence-corrected chi connectivity index (χ0v) is 13.1. The van der Waals surface area contributed by atoms with Gasteiger partial charge in [-0.2, -0.15) is 0 Å². The molecule has 1 fully saturated rings. The Hall–Kier alpha value is -1.52. The highest BCUT2D eigenvalue weighted by Crippen LogP contribution is 2.27. The number of nitrogens with one attached hydrogen (secondary N) is 2. The highest BCUT2D eigenvalue weighted by Gasteiger charge is 2.28. The monoisotopic (exact) mass is 377 g/mol. The number of rotatable bonds is 6. The highest BCUT2D eigenvalue weighted by molar-refractivity contribution is 9.10. The van der Waals surface area contributed by atoms with Crippen molar-refractivity contribution in [1.29, 1.82) is 0 Å². The minimum absolute atomic E-state index is 0.113. The number of halogens is 1. The van der Waals surface area contributed by atoms with Gasteiger partial charge in [0.2, 0.25) is 15.9 Å². The van der Waals surface area contributed by atoms with Crippen LogP contribution in [0.1, 0.15) is 12.8 Å². The van der Waals surface area contributed by atoms with E-state index in [0.29, 0.717) is 4.47 Å². The Kier molecular flexibility index (Phi) is 4.59. The number of sulfonamides is 1. The van der Waals surface area contributed by atoms with E-state index < -0.39 is 38.0 Å². The van der Waals surface area contributed by atoms with Gasteiger partial charge in [0.15, 0.2) is 4.90 Å². The number of carbonyl (C=O) groups excluding carboxylic acids is 1. The molecule has 1 saturated carbocycles. The Bertz CT molecular complexity index is 687. The molecule has 1 aliphatic rings. The maximum atomic E-state index is 12.1. The second-order valence-corrected chi connectivity index (χ2v) is 7.19. The van der Waals surface area contributed by atoms with Crippen LogP contribution in [0.3, 0.4) is 0 Å². The normalized spacial score (nSPS) is 14.7. The number of hydrogen-bond acceptors (Lipinski definition) is 5. The first kappa shape index (κ1) is 15.9. The molecule has 1 aliphatic carbocycles. The summed E-state index contributed by atoms with van der Waals surface area (Å²) in [5, 5.41) is 13.5. The van der Waals surface area contributed by atoms with Crippen molar-refractivity contribution in [3.63, 3.8) is 0 Å². The van der Waals surface area contributed by atoms with Crippen LogP contribution < -0.4 is 10.0 Å². The summed E-state index contributed by atoms with van der Waals surface area (Å²) in [6.45, 7) is -0.456. The zero-order chi connectivity index (χ0) is 15.6. The molecular formula is C11H12BrN3O5S. The van der Waals surface area contributed by atoms with E-state index in [-0.39, 0.29) is 6.04 Å². The van der Waals surface area contributed by atoms with Crippen LogP contribution in [0.2, 0.25) is 0 Å². The maximum Gasteiger partial charge on any atom is 0.289 e. The van der Waals surface area contributed by atoms with E-state index in [2.05, 4.69) is 26.0 Å². The number of hydrogen-bond donors (Lipinski definition) is 2. The van der Waals surface area contributed by atoms with Crippen molar-refractivity contribution < 1.29 is 18.1 Å². The predicted octanol–water partition coefficient (Wildman–Crippen LogP) is 0.914. The Labute approximate surface area is 129 Å². The Morgan fingerprint density at radius 1 is 1.43 bits per heavy atom. The molecule has 0 spiro atoms. The largest absolute Gasteiger partial charge is 0.352 e. The second kappa shape index (κ2) is 6.08. The summed E-state index contributed by atoms with van der Waals surface area (Å²) in [5.74, 6) is -0.460. The van der Waals surface area contributed by atoms with Crippen molar-refractivity contribution in [3.8, 4) is 0 Å². The van der Waals surface area contributed by atoms with Crippen LogP contribution in [0.5, 0.6) is 0 Å². The van der Waals surface area contributed by atoms with Crippen LogP contribution in [-0.4, -0.2) is 31.8 Å². The van der Waals surface area contributed by atoms with E-state index in [4.69, 9.17) is 0 Å². The SMILES string of the molecule is O=C(CNS(=O)(=O)c1cc(Br)ccc1[N+](=O)[O-])NC1CC1. The summed E-state index contributed by atoms with van der Waals surface area (Å²) in [5.41, 5.74) is -0.548. The van der Waals surface area contributed by atoms with Gasteiger partial charge in [-0.05, 0) is 25.0 Å². The van der Waals surface area contributed by atoms with Crippen molar-refractivity contribution >= 4 is 37.5 Å². The molecule has 0 aliphatic heterocycles. The van der Waals surface area contributed by atoms with E-state index >= 15 is 0 Å². The Balaban J connectivity index is 2.16. The third kappa shape index (κ3) is 4.22. The summed E-state index contributed by atoms with van der Waals surface area (Å²) in [4.78, 5) is 21.1. The molecule has 114 valence electrons. The lowest BCUT2D eigenvalue weighted by Crippen LogP contribution is -2.37. The Morgan fingerprint density at radius 3 is 2.67 bits per heavy atom. The molecule has 1 aromatic rings. The maximum absolute atomic E-state index is 12.1. The number of nitrogens with zero attached hydrogens (tertiary/aromatic N) is 1. The van der Waals surface area contributed by atoms with Crippen molar-refractivity contribution in [1.82, 2.24) is 10.0 Å². The van der Waals surface area contributed by atoms with Gasteiger partial charge >= 0.3 is 0 Å². The van der Waals surface area contributed by atoms with E-state index in [1.165, 1.54) is 6.07 Å². The van der Waals surface area contributed by atoms with Gasteiger partial charge in [-0.15, -0.1) is 0 Å². The summed E-state index contributed by atoms with van der Waals surface area (Å²) >= 11 is 3.06. The highest BCUT2D eigenvalue weighted by atomic mass is 79.9.